The maximum Gasteiger partial charge on any atom is 0.338 e. The molecule has 9 nitrogen and oxygen atoms in total. The number of aliphatic hydroxyl groups excluding tert-OH is 2. The second kappa shape index (κ2) is 8.38. The molecule has 0 aliphatic heterocycles. The van der Waals surface area contributed by atoms with Crippen LogP contribution in [0.2, 0.25) is 0 Å². The number of carbonyl (C=O) groups is 2. The van der Waals surface area contributed by atoms with E-state index in [9.17, 15) is 30.0 Å². The summed E-state index contributed by atoms with van der Waals surface area (Å²) in [5.74, 6) is -1.64. The summed E-state index contributed by atoms with van der Waals surface area (Å²) in [5, 5.41) is 39.9. The van der Waals surface area contributed by atoms with E-state index in [0.717, 1.165) is 13.2 Å². The molecule has 2 atom stereocenters. The van der Waals surface area contributed by atoms with Gasteiger partial charge in [-0.05, 0) is 23.8 Å². The third-order valence-corrected chi connectivity index (χ3v) is 4.29. The van der Waals surface area contributed by atoms with Crippen LogP contribution in [-0.2, 0) is 19.1 Å². The summed E-state index contributed by atoms with van der Waals surface area (Å²) in [6.07, 6.45) is -2.61. The Kier molecular flexibility index (Phi) is 6.42. The minimum Gasteiger partial charge on any atom is -0.504 e. The number of aliphatic hydroxyl groups is 3. The van der Waals surface area contributed by atoms with Crippen molar-refractivity contribution in [2.75, 3.05) is 14.2 Å². The van der Waals surface area contributed by atoms with Crippen LogP contribution in [0.15, 0.2) is 24.3 Å². The van der Waals surface area contributed by atoms with Gasteiger partial charge in [-0.2, -0.15) is 0 Å². The average Bonchev–Trinajstić information content (AvgIpc) is 2.63. The fourth-order valence-electron chi connectivity index (χ4n) is 2.91. The Morgan fingerprint density at radius 3 is 2.37 bits per heavy atom. The van der Waals surface area contributed by atoms with Crippen LogP contribution in [0, 0.1) is 0 Å². The molecule has 0 amide bonds. The molecule has 27 heavy (non-hydrogen) atoms. The highest BCUT2D eigenvalue weighted by Crippen LogP contribution is 2.32. The quantitative estimate of drug-likeness (QED) is 0.400. The van der Waals surface area contributed by atoms with Gasteiger partial charge >= 0.3 is 11.9 Å². The van der Waals surface area contributed by atoms with Gasteiger partial charge in [-0.25, -0.2) is 9.59 Å². The highest BCUT2D eigenvalue weighted by molar-refractivity contribution is 5.87. The number of esters is 2. The Morgan fingerprint density at radius 2 is 1.81 bits per heavy atom. The van der Waals surface area contributed by atoms with Gasteiger partial charge in [0.2, 0.25) is 0 Å². The first-order valence-corrected chi connectivity index (χ1v) is 8.13. The van der Waals surface area contributed by atoms with E-state index in [1.54, 1.807) is 6.07 Å². The molecule has 0 heterocycles. The summed E-state index contributed by atoms with van der Waals surface area (Å²) < 4.78 is 14.5. The molecule has 1 saturated carbocycles. The molecule has 148 valence electrons. The topological polar surface area (TPSA) is 143 Å². The molecule has 0 radical (unpaired) electrons. The normalized spacial score (nSPS) is 28.0. The van der Waals surface area contributed by atoms with Crippen molar-refractivity contribution in [3.05, 3.63) is 29.8 Å². The highest BCUT2D eigenvalue weighted by Gasteiger charge is 2.50. The van der Waals surface area contributed by atoms with Crippen LogP contribution in [0.5, 0.6) is 11.5 Å². The van der Waals surface area contributed by atoms with E-state index < -0.39 is 48.7 Å². The zero-order valence-corrected chi connectivity index (χ0v) is 14.9. The van der Waals surface area contributed by atoms with E-state index in [0.29, 0.717) is 5.56 Å². The molecule has 0 aromatic heterocycles. The molecular weight excluding hydrogens is 360 g/mol. The van der Waals surface area contributed by atoms with Crippen molar-refractivity contribution in [2.45, 2.75) is 36.8 Å². The van der Waals surface area contributed by atoms with Crippen LogP contribution < -0.4 is 4.74 Å². The first kappa shape index (κ1) is 20.7. The van der Waals surface area contributed by atoms with Crippen molar-refractivity contribution in [1.82, 2.24) is 0 Å². The van der Waals surface area contributed by atoms with E-state index in [1.807, 2.05) is 0 Å². The number of benzene rings is 1. The molecule has 1 aliphatic carbocycles. The van der Waals surface area contributed by atoms with Gasteiger partial charge in [-0.1, -0.05) is 6.07 Å². The summed E-state index contributed by atoms with van der Waals surface area (Å²) in [6, 6.07) is 4.44. The molecule has 0 saturated heterocycles. The van der Waals surface area contributed by atoms with Gasteiger partial charge in [0, 0.05) is 18.9 Å². The molecule has 1 aromatic rings. The minimum atomic E-state index is -2.05. The molecule has 1 fully saturated rings. The number of methoxy groups -OCH3 is 2. The van der Waals surface area contributed by atoms with Gasteiger partial charge in [-0.3, -0.25) is 0 Å². The molecule has 2 rings (SSSR count). The molecule has 1 aliphatic rings. The second-order valence-corrected chi connectivity index (χ2v) is 6.23. The first-order valence-electron chi connectivity index (χ1n) is 8.13. The van der Waals surface area contributed by atoms with E-state index in [-0.39, 0.29) is 11.5 Å². The van der Waals surface area contributed by atoms with Crippen molar-refractivity contribution < 1.29 is 44.2 Å². The number of hydrogen-bond donors (Lipinski definition) is 4. The number of rotatable bonds is 5. The van der Waals surface area contributed by atoms with E-state index >= 15 is 0 Å². The first-order chi connectivity index (χ1) is 12.7. The fraction of sp³-hybridized carbons (Fsp3) is 0.444. The lowest BCUT2D eigenvalue weighted by molar-refractivity contribution is -0.198. The number of phenols is 1. The third-order valence-electron chi connectivity index (χ3n) is 4.29. The predicted octanol–water partition coefficient (Wildman–Crippen LogP) is -0.255. The summed E-state index contributed by atoms with van der Waals surface area (Å²) in [7, 11) is 2.46. The van der Waals surface area contributed by atoms with E-state index in [4.69, 9.17) is 9.47 Å². The SMILES string of the molecule is COC(=O)C1(O)CC(O)C(OC(=O)C=Cc2ccc(O)c(OC)c2)C(O)C1. The number of aromatic hydroxyl groups is 1. The Balaban J connectivity index is 2.02. The van der Waals surface area contributed by atoms with Gasteiger partial charge in [0.1, 0.15) is 0 Å². The molecule has 9 heteroatoms. The van der Waals surface area contributed by atoms with Crippen LogP contribution in [-0.4, -0.2) is 70.5 Å². The van der Waals surface area contributed by atoms with Crippen molar-refractivity contribution in [1.29, 1.82) is 0 Å². The monoisotopic (exact) mass is 382 g/mol. The van der Waals surface area contributed by atoms with Crippen LogP contribution in [0.3, 0.4) is 0 Å². The Morgan fingerprint density at radius 1 is 1.19 bits per heavy atom. The lowest BCUT2D eigenvalue weighted by Crippen LogP contribution is -2.57. The Bertz CT molecular complexity index is 716. The summed E-state index contributed by atoms with van der Waals surface area (Å²) >= 11 is 0. The number of carbonyl (C=O) groups excluding carboxylic acids is 2. The van der Waals surface area contributed by atoms with Crippen LogP contribution >= 0.6 is 0 Å². The predicted molar refractivity (Wildman–Crippen MR) is 91.8 cm³/mol. The summed E-state index contributed by atoms with van der Waals surface area (Å²) in [4.78, 5) is 23.6. The lowest BCUT2D eigenvalue weighted by atomic mass is 9.79. The standard InChI is InChI=1S/C18H22O9/c1-25-14-7-10(3-5-11(14)19)4-6-15(22)27-16-12(20)8-18(24,9-13(16)21)17(23)26-2/h3-7,12-13,16,19-21,24H,8-9H2,1-2H3. The fourth-order valence-corrected chi connectivity index (χ4v) is 2.91. The Labute approximate surface area is 155 Å². The smallest absolute Gasteiger partial charge is 0.338 e. The van der Waals surface area contributed by atoms with Gasteiger partial charge in [-0.15, -0.1) is 0 Å². The summed E-state index contributed by atoms with van der Waals surface area (Å²) in [6.45, 7) is 0. The van der Waals surface area contributed by atoms with Crippen molar-refractivity contribution in [3.63, 3.8) is 0 Å². The Hall–Kier alpha value is -2.62. The number of phenolic OH excluding ortho intramolecular Hbond substituents is 1. The van der Waals surface area contributed by atoms with E-state index in [1.165, 1.54) is 25.3 Å². The van der Waals surface area contributed by atoms with Crippen molar-refractivity contribution in [3.8, 4) is 11.5 Å². The van der Waals surface area contributed by atoms with Crippen LogP contribution in [0.4, 0.5) is 0 Å². The number of ether oxygens (including phenoxy) is 3. The molecular formula is C18H22O9. The maximum absolute atomic E-state index is 12.0. The van der Waals surface area contributed by atoms with Gasteiger partial charge in [0.25, 0.3) is 0 Å². The number of hydrogen-bond acceptors (Lipinski definition) is 9. The highest BCUT2D eigenvalue weighted by atomic mass is 16.6. The van der Waals surface area contributed by atoms with Gasteiger partial charge in [0.15, 0.2) is 23.2 Å². The second-order valence-electron chi connectivity index (χ2n) is 6.23. The largest absolute Gasteiger partial charge is 0.504 e. The van der Waals surface area contributed by atoms with Crippen LogP contribution in [0.25, 0.3) is 6.08 Å². The molecule has 2 unspecified atom stereocenters. The van der Waals surface area contributed by atoms with Gasteiger partial charge in [0.05, 0.1) is 26.4 Å². The van der Waals surface area contributed by atoms with E-state index in [2.05, 4.69) is 4.74 Å². The van der Waals surface area contributed by atoms with Crippen LogP contribution in [0.1, 0.15) is 18.4 Å². The minimum absolute atomic E-state index is 0.0521. The molecule has 1 aromatic carbocycles. The average molecular weight is 382 g/mol. The third kappa shape index (κ3) is 4.76. The molecule has 0 spiro atoms. The van der Waals surface area contributed by atoms with Crippen molar-refractivity contribution >= 4 is 18.0 Å². The zero-order chi connectivity index (χ0) is 20.2. The molecule has 0 bridgehead atoms. The maximum atomic E-state index is 12.0. The zero-order valence-electron chi connectivity index (χ0n) is 14.9. The van der Waals surface area contributed by atoms with Crippen molar-refractivity contribution in [2.24, 2.45) is 0 Å². The molecule has 4 N–H and O–H groups in total. The van der Waals surface area contributed by atoms with Gasteiger partial charge < -0.3 is 34.6 Å². The summed E-state index contributed by atoms with van der Waals surface area (Å²) in [5.41, 5.74) is -1.50. The lowest BCUT2D eigenvalue weighted by Gasteiger charge is -2.39.